The van der Waals surface area contributed by atoms with Gasteiger partial charge >= 0.3 is 5.97 Å². The van der Waals surface area contributed by atoms with Crippen LogP contribution in [0.5, 0.6) is 0 Å². The van der Waals surface area contributed by atoms with Gasteiger partial charge < -0.3 is 20.7 Å². The van der Waals surface area contributed by atoms with Crippen LogP contribution < -0.4 is 11.1 Å². The number of methoxy groups -OCH3 is 1. The van der Waals surface area contributed by atoms with Crippen LogP contribution in [-0.4, -0.2) is 63.2 Å². The van der Waals surface area contributed by atoms with Gasteiger partial charge in [0.25, 0.3) is 0 Å². The summed E-state index contributed by atoms with van der Waals surface area (Å²) in [6, 6.07) is -1.43. The predicted octanol–water partition coefficient (Wildman–Crippen LogP) is -0.372. The van der Waals surface area contributed by atoms with Gasteiger partial charge in [0.2, 0.25) is 13.8 Å². The molecule has 118 valence electrons. The Kier molecular flexibility index (Phi) is 8.69. The molecule has 2 amide bonds. The summed E-state index contributed by atoms with van der Waals surface area (Å²) in [6.45, 7) is 4.11. The van der Waals surface area contributed by atoms with Crippen molar-refractivity contribution in [2.75, 3.05) is 20.7 Å². The maximum Gasteiger partial charge on any atom is 0.322 e. The minimum atomic E-state index is -0.785. The Balaban J connectivity index is 4.48. The molecule has 2 atom stereocenters. The molecule has 0 aliphatic rings. The highest BCUT2D eigenvalue weighted by Gasteiger charge is 2.25. The number of esters is 1. The highest BCUT2D eigenvalue weighted by molar-refractivity contribution is 6.57. The van der Waals surface area contributed by atoms with Crippen molar-refractivity contribution < 1.29 is 19.1 Å². The lowest BCUT2D eigenvalue weighted by Crippen LogP contribution is -2.49. The summed E-state index contributed by atoms with van der Waals surface area (Å²) in [7, 11) is 7.94. The van der Waals surface area contributed by atoms with Crippen molar-refractivity contribution in [2.24, 2.45) is 11.7 Å². The molecule has 2 radical (unpaired) electrons. The summed E-state index contributed by atoms with van der Waals surface area (Å²) in [5.74, 6) is -1.29. The van der Waals surface area contributed by atoms with Gasteiger partial charge in [-0.2, -0.15) is 0 Å². The molecule has 0 aliphatic carbocycles. The minimum absolute atomic E-state index is 0.219. The molecule has 7 nitrogen and oxygen atoms in total. The van der Waals surface area contributed by atoms with E-state index in [0.717, 1.165) is 0 Å². The van der Waals surface area contributed by atoms with Gasteiger partial charge in [0, 0.05) is 13.6 Å². The number of hydrogen-bond acceptors (Lipinski definition) is 5. The largest absolute Gasteiger partial charge is 0.468 e. The smallest absolute Gasteiger partial charge is 0.322 e. The van der Waals surface area contributed by atoms with E-state index in [2.05, 4.69) is 10.1 Å². The molecule has 2 unspecified atom stereocenters. The number of nitrogens with zero attached hydrogens (tertiary/aromatic N) is 1. The fourth-order valence-corrected chi connectivity index (χ4v) is 1.78. The molecule has 21 heavy (non-hydrogen) atoms. The zero-order valence-electron chi connectivity index (χ0n) is 13.1. The molecule has 3 N–H and O–H groups in total. The first-order valence-corrected chi connectivity index (χ1v) is 6.84. The molecule has 0 spiro atoms. The van der Waals surface area contributed by atoms with Crippen molar-refractivity contribution in [1.82, 2.24) is 10.2 Å². The number of nitrogens with one attached hydrogen (secondary N) is 1. The fourth-order valence-electron chi connectivity index (χ4n) is 1.78. The zero-order chi connectivity index (χ0) is 16.6. The molecule has 0 saturated carbocycles. The normalized spacial score (nSPS) is 13.4. The van der Waals surface area contributed by atoms with Crippen LogP contribution in [0.2, 0.25) is 0 Å². The third-order valence-corrected chi connectivity index (χ3v) is 3.07. The molecule has 0 aromatic rings. The van der Waals surface area contributed by atoms with Crippen molar-refractivity contribution in [3.05, 3.63) is 0 Å². The monoisotopic (exact) mass is 297 g/mol. The van der Waals surface area contributed by atoms with Gasteiger partial charge in [0.05, 0.1) is 7.11 Å². The van der Waals surface area contributed by atoms with Crippen LogP contribution in [0.15, 0.2) is 0 Å². The molecule has 0 bridgehead atoms. The van der Waals surface area contributed by atoms with E-state index in [1.54, 1.807) is 0 Å². The van der Waals surface area contributed by atoms with Gasteiger partial charge in [0.1, 0.15) is 12.1 Å². The molecule has 0 aromatic carbocycles. The first kappa shape index (κ1) is 19.4. The fraction of sp³-hybridized carbons (Fsp3) is 0.769. The number of nitrogens with two attached hydrogens (primary N) is 1. The van der Waals surface area contributed by atoms with E-state index in [9.17, 15) is 14.4 Å². The average Bonchev–Trinajstić information content (AvgIpc) is 2.42. The summed E-state index contributed by atoms with van der Waals surface area (Å²) in [5.41, 5.74) is 5.57. The van der Waals surface area contributed by atoms with Crippen molar-refractivity contribution in [3.8, 4) is 0 Å². The lowest BCUT2D eigenvalue weighted by Gasteiger charge is -2.28. The molecular formula is C13H24BN3O4. The van der Waals surface area contributed by atoms with Crippen molar-refractivity contribution in [3.63, 3.8) is 0 Å². The van der Waals surface area contributed by atoms with Crippen molar-refractivity contribution in [2.45, 2.75) is 38.8 Å². The van der Waals surface area contributed by atoms with Gasteiger partial charge in [-0.1, -0.05) is 13.8 Å². The molecular weight excluding hydrogens is 273 g/mol. The SMILES string of the molecule is [B]C(=O)N(C)C(CC(C)C)C(=O)NCCC(N)C(=O)OC. The van der Waals surface area contributed by atoms with E-state index in [4.69, 9.17) is 13.6 Å². The third-order valence-electron chi connectivity index (χ3n) is 3.07. The van der Waals surface area contributed by atoms with Crippen LogP contribution >= 0.6 is 0 Å². The topological polar surface area (TPSA) is 102 Å². The highest BCUT2D eigenvalue weighted by Crippen LogP contribution is 2.11. The third kappa shape index (κ3) is 7.13. The van der Waals surface area contributed by atoms with Gasteiger partial charge in [-0.15, -0.1) is 0 Å². The molecule has 8 heteroatoms. The van der Waals surface area contributed by atoms with Crippen LogP contribution in [-0.2, 0) is 14.3 Å². The minimum Gasteiger partial charge on any atom is -0.468 e. The lowest BCUT2D eigenvalue weighted by molar-refractivity contribution is -0.142. The van der Waals surface area contributed by atoms with Crippen LogP contribution in [0.1, 0.15) is 26.7 Å². The molecule has 0 fully saturated rings. The molecule has 0 aromatic heterocycles. The Morgan fingerprint density at radius 2 is 1.90 bits per heavy atom. The molecule has 0 aliphatic heterocycles. The standard InChI is InChI=1S/C13H24BN3O4/c1-8(2)7-10(17(3)13(14)20)11(18)16-6-5-9(15)12(19)21-4/h8-10H,5-7,15H2,1-4H3,(H,16,18). The summed E-state index contributed by atoms with van der Waals surface area (Å²) >= 11 is 0. The number of ether oxygens (including phenoxy) is 1. The number of hydrogen-bond donors (Lipinski definition) is 2. The van der Waals surface area contributed by atoms with Gasteiger partial charge in [0.15, 0.2) is 5.81 Å². The second-order valence-electron chi connectivity index (χ2n) is 5.30. The van der Waals surface area contributed by atoms with E-state index in [-0.39, 0.29) is 24.8 Å². The van der Waals surface area contributed by atoms with Gasteiger partial charge in [-0.25, -0.2) is 0 Å². The van der Waals surface area contributed by atoms with Gasteiger partial charge in [-0.05, 0) is 18.8 Å². The van der Waals surface area contributed by atoms with Crippen LogP contribution in [0, 0.1) is 5.92 Å². The quantitative estimate of drug-likeness (QED) is 0.470. The van der Waals surface area contributed by atoms with Crippen LogP contribution in [0.3, 0.4) is 0 Å². The number of carbonyl (C=O) groups is 3. The van der Waals surface area contributed by atoms with E-state index in [1.807, 2.05) is 13.8 Å². The first-order chi connectivity index (χ1) is 9.70. The van der Waals surface area contributed by atoms with Crippen molar-refractivity contribution in [1.29, 1.82) is 0 Å². The van der Waals surface area contributed by atoms with Crippen LogP contribution in [0.4, 0.5) is 4.79 Å². The summed E-state index contributed by atoms with van der Waals surface area (Å²) in [5, 5.41) is 2.66. The number of carbonyl (C=O) groups excluding carboxylic acids is 3. The van der Waals surface area contributed by atoms with Crippen molar-refractivity contribution >= 4 is 25.5 Å². The second-order valence-corrected chi connectivity index (χ2v) is 5.30. The van der Waals surface area contributed by atoms with Crippen LogP contribution in [0.25, 0.3) is 0 Å². The van der Waals surface area contributed by atoms with E-state index < -0.39 is 23.9 Å². The van der Waals surface area contributed by atoms with E-state index >= 15 is 0 Å². The summed E-state index contributed by atoms with van der Waals surface area (Å²) in [6.07, 6.45) is 0.751. The Morgan fingerprint density at radius 1 is 1.33 bits per heavy atom. The number of amides is 2. The molecule has 0 heterocycles. The van der Waals surface area contributed by atoms with E-state index in [0.29, 0.717) is 6.42 Å². The number of likely N-dealkylation sites (N-methyl/N-ethyl adjacent to an activating group) is 1. The summed E-state index contributed by atoms with van der Waals surface area (Å²) < 4.78 is 4.49. The molecule has 0 rings (SSSR count). The number of rotatable bonds is 8. The Morgan fingerprint density at radius 3 is 2.33 bits per heavy atom. The average molecular weight is 297 g/mol. The summed E-state index contributed by atoms with van der Waals surface area (Å²) in [4.78, 5) is 35.7. The Bertz CT molecular complexity index is 376. The highest BCUT2D eigenvalue weighted by atomic mass is 16.5. The van der Waals surface area contributed by atoms with E-state index in [1.165, 1.54) is 19.1 Å². The second kappa shape index (κ2) is 9.39. The van der Waals surface area contributed by atoms with Gasteiger partial charge in [-0.3, -0.25) is 14.4 Å². The maximum atomic E-state index is 12.1. The zero-order valence-corrected chi connectivity index (χ0v) is 13.1. The Labute approximate surface area is 127 Å². The Hall–Kier alpha value is -1.57. The maximum absolute atomic E-state index is 12.1. The molecule has 0 saturated heterocycles. The predicted molar refractivity (Wildman–Crippen MR) is 79.8 cm³/mol. The first-order valence-electron chi connectivity index (χ1n) is 6.84. The lowest BCUT2D eigenvalue weighted by atomic mass is 9.99.